The van der Waals surface area contributed by atoms with Gasteiger partial charge in [-0.1, -0.05) is 62.8 Å². The molecule has 0 radical (unpaired) electrons. The summed E-state index contributed by atoms with van der Waals surface area (Å²) in [5.41, 5.74) is 0.692. The molecule has 0 saturated heterocycles. The number of nitrogens with one attached hydrogen (secondary N) is 1. The van der Waals surface area contributed by atoms with Gasteiger partial charge in [0.05, 0.1) is 21.8 Å². The number of fused-ring (bicyclic) bond motifs is 2. The first kappa shape index (κ1) is 22.7. The fourth-order valence-corrected chi connectivity index (χ4v) is 3.92. The molecule has 2 heterocycles. The van der Waals surface area contributed by atoms with Gasteiger partial charge in [-0.25, -0.2) is 14.6 Å². The molecule has 7 heteroatoms. The van der Waals surface area contributed by atoms with Crippen LogP contribution in [0, 0.1) is 0 Å². The summed E-state index contributed by atoms with van der Waals surface area (Å²) >= 11 is 0. The molecule has 1 N–H and O–H groups in total. The first-order valence-electron chi connectivity index (χ1n) is 11.7. The fourth-order valence-electron chi connectivity index (χ4n) is 3.92. The van der Waals surface area contributed by atoms with E-state index in [1.807, 2.05) is 30.3 Å². The molecule has 0 bridgehead atoms. The normalized spacial score (nSPS) is 11.3. The first-order chi connectivity index (χ1) is 16.2. The molecule has 4 rings (SSSR count). The van der Waals surface area contributed by atoms with Crippen LogP contribution in [0.3, 0.4) is 0 Å². The van der Waals surface area contributed by atoms with Crippen LogP contribution in [-0.4, -0.2) is 16.5 Å². The van der Waals surface area contributed by atoms with Crippen LogP contribution in [0.15, 0.2) is 67.0 Å². The molecule has 2 aromatic carbocycles. The summed E-state index contributed by atoms with van der Waals surface area (Å²) in [5, 5.41) is 4.15. The second kappa shape index (κ2) is 11.4. The van der Waals surface area contributed by atoms with Gasteiger partial charge in [0.1, 0.15) is 0 Å². The molecule has 7 nitrogen and oxygen atoms in total. The molecule has 2 aromatic heterocycles. The number of hydrogen-bond acceptors (Lipinski definition) is 7. The van der Waals surface area contributed by atoms with Crippen LogP contribution in [0.1, 0.15) is 57.3 Å². The van der Waals surface area contributed by atoms with Crippen molar-refractivity contribution in [3.8, 4) is 0 Å². The second-order valence-electron chi connectivity index (χ2n) is 8.24. The van der Waals surface area contributed by atoms with Crippen molar-refractivity contribution in [3.05, 3.63) is 75.3 Å². The Hall–Kier alpha value is -3.48. The third-order valence-corrected chi connectivity index (χ3v) is 5.71. The van der Waals surface area contributed by atoms with Crippen molar-refractivity contribution in [2.24, 2.45) is 0 Å². The number of anilines is 1. The monoisotopic (exact) mass is 447 g/mol. The maximum Gasteiger partial charge on any atom is 0.348 e. The van der Waals surface area contributed by atoms with Crippen LogP contribution in [0.25, 0.3) is 21.8 Å². The van der Waals surface area contributed by atoms with Crippen LogP contribution in [0.4, 0.5) is 6.01 Å². The summed E-state index contributed by atoms with van der Waals surface area (Å²) in [5.74, 6) is 0.530. The Morgan fingerprint density at radius 3 is 1.88 bits per heavy atom. The largest absolute Gasteiger partial charge is 0.408 e. The van der Waals surface area contributed by atoms with E-state index in [9.17, 15) is 9.59 Å². The summed E-state index contributed by atoms with van der Waals surface area (Å²) in [4.78, 5) is 32.8. The Morgan fingerprint density at radius 2 is 1.18 bits per heavy atom. The van der Waals surface area contributed by atoms with Gasteiger partial charge >= 0.3 is 11.3 Å². The summed E-state index contributed by atoms with van der Waals surface area (Å²) in [6.07, 6.45) is 9.65. The SMILES string of the molecule is O=c1oc(CCCCCCCCCCNc2nc3ccccc3c(=O)o2)nc2ccccc12. The fraction of sp³-hybridized carbons (Fsp3) is 0.385. The highest BCUT2D eigenvalue weighted by Crippen LogP contribution is 2.13. The highest BCUT2D eigenvalue weighted by atomic mass is 16.4. The van der Waals surface area contributed by atoms with Crippen LogP contribution >= 0.6 is 0 Å². The maximum absolute atomic E-state index is 12.0. The van der Waals surface area contributed by atoms with Crippen LogP contribution in [0.5, 0.6) is 0 Å². The van der Waals surface area contributed by atoms with Gasteiger partial charge in [-0.15, -0.1) is 0 Å². The molecule has 0 saturated carbocycles. The van der Waals surface area contributed by atoms with E-state index in [0.29, 0.717) is 34.1 Å². The van der Waals surface area contributed by atoms with Gasteiger partial charge in [0, 0.05) is 13.0 Å². The van der Waals surface area contributed by atoms with Gasteiger partial charge in [-0.3, -0.25) is 0 Å². The minimum Gasteiger partial charge on any atom is -0.408 e. The summed E-state index contributed by atoms with van der Waals surface area (Å²) in [6.45, 7) is 0.734. The van der Waals surface area contributed by atoms with Gasteiger partial charge in [-0.05, 0) is 37.1 Å². The highest BCUT2D eigenvalue weighted by molar-refractivity contribution is 5.77. The Bertz CT molecular complexity index is 1210. The van der Waals surface area contributed by atoms with E-state index in [1.165, 1.54) is 25.7 Å². The molecule has 0 unspecified atom stereocenters. The Kier molecular flexibility index (Phi) is 7.85. The quantitative estimate of drug-likeness (QED) is 0.288. The van der Waals surface area contributed by atoms with Crippen molar-refractivity contribution in [3.63, 3.8) is 0 Å². The molecule has 0 aliphatic carbocycles. The van der Waals surface area contributed by atoms with Gasteiger partial charge in [0.2, 0.25) is 0 Å². The van der Waals surface area contributed by atoms with E-state index < -0.39 is 0 Å². The Balaban J connectivity index is 1.06. The van der Waals surface area contributed by atoms with E-state index in [0.717, 1.165) is 32.2 Å². The summed E-state index contributed by atoms with van der Waals surface area (Å²) in [7, 11) is 0. The molecular formula is C26H29N3O4. The zero-order valence-corrected chi connectivity index (χ0v) is 18.7. The molecule has 0 amide bonds. The lowest BCUT2D eigenvalue weighted by atomic mass is 10.1. The molecule has 0 spiro atoms. The molecule has 0 aliphatic rings. The number of hydrogen-bond donors (Lipinski definition) is 1. The Morgan fingerprint density at radius 1 is 0.636 bits per heavy atom. The lowest BCUT2D eigenvalue weighted by molar-refractivity contribution is 0.433. The topological polar surface area (TPSA) is 98.2 Å². The molecule has 33 heavy (non-hydrogen) atoms. The smallest absolute Gasteiger partial charge is 0.348 e. The average molecular weight is 448 g/mol. The van der Waals surface area contributed by atoms with E-state index in [4.69, 9.17) is 8.83 Å². The predicted molar refractivity (Wildman–Crippen MR) is 130 cm³/mol. The maximum atomic E-state index is 12.0. The molecule has 4 aromatic rings. The lowest BCUT2D eigenvalue weighted by Gasteiger charge is -2.05. The zero-order chi connectivity index (χ0) is 22.9. The number of aryl methyl sites for hydroxylation is 1. The summed E-state index contributed by atoms with van der Waals surface area (Å²) < 4.78 is 10.6. The minimum absolute atomic E-state index is 0.287. The van der Waals surface area contributed by atoms with Crippen LogP contribution < -0.4 is 16.6 Å². The van der Waals surface area contributed by atoms with Gasteiger partial charge in [-0.2, -0.15) is 4.98 Å². The first-order valence-corrected chi connectivity index (χ1v) is 11.7. The van der Waals surface area contributed by atoms with Crippen molar-refractivity contribution < 1.29 is 8.83 Å². The summed E-state index contributed by atoms with van der Waals surface area (Å²) in [6, 6.07) is 14.8. The lowest BCUT2D eigenvalue weighted by Crippen LogP contribution is -2.08. The number of benzene rings is 2. The Labute approximate surface area is 191 Å². The molecule has 0 atom stereocenters. The van der Waals surface area contributed by atoms with E-state index in [1.54, 1.807) is 18.2 Å². The molecule has 172 valence electrons. The van der Waals surface area contributed by atoms with Crippen molar-refractivity contribution >= 4 is 27.8 Å². The molecule has 0 aliphatic heterocycles. The van der Waals surface area contributed by atoms with Crippen LogP contribution in [0.2, 0.25) is 0 Å². The van der Waals surface area contributed by atoms with Crippen molar-refractivity contribution in [2.45, 2.75) is 57.8 Å². The highest BCUT2D eigenvalue weighted by Gasteiger charge is 2.06. The zero-order valence-electron chi connectivity index (χ0n) is 18.7. The minimum atomic E-state index is -0.360. The van der Waals surface area contributed by atoms with Crippen LogP contribution in [-0.2, 0) is 6.42 Å². The van der Waals surface area contributed by atoms with E-state index in [2.05, 4.69) is 15.3 Å². The number of nitrogens with zero attached hydrogens (tertiary/aromatic N) is 2. The number of para-hydroxylation sites is 2. The van der Waals surface area contributed by atoms with E-state index >= 15 is 0 Å². The standard InChI is InChI=1S/C26H29N3O4/c30-24-19-13-8-10-15-21(19)28-23(32-24)17-7-5-3-1-2-4-6-12-18-27-26-29-22-16-11-9-14-20(22)25(31)33-26/h8-11,13-16H,1-7,12,17-18H2,(H,27,29). The average Bonchev–Trinajstić information content (AvgIpc) is 2.82. The number of aromatic nitrogens is 2. The van der Waals surface area contributed by atoms with Crippen molar-refractivity contribution in [1.82, 2.24) is 9.97 Å². The third-order valence-electron chi connectivity index (χ3n) is 5.71. The van der Waals surface area contributed by atoms with Gasteiger partial charge < -0.3 is 14.2 Å². The number of unbranched alkanes of at least 4 members (excludes halogenated alkanes) is 7. The van der Waals surface area contributed by atoms with Crippen molar-refractivity contribution in [2.75, 3.05) is 11.9 Å². The van der Waals surface area contributed by atoms with Gasteiger partial charge in [0.15, 0.2) is 5.89 Å². The van der Waals surface area contributed by atoms with Crippen molar-refractivity contribution in [1.29, 1.82) is 0 Å². The van der Waals surface area contributed by atoms with E-state index in [-0.39, 0.29) is 17.3 Å². The number of rotatable bonds is 12. The second-order valence-corrected chi connectivity index (χ2v) is 8.24. The predicted octanol–water partition coefficient (Wildman–Crippen LogP) is 5.46. The molecular weight excluding hydrogens is 418 g/mol. The molecule has 0 fully saturated rings. The van der Waals surface area contributed by atoms with Gasteiger partial charge in [0.25, 0.3) is 6.01 Å². The third kappa shape index (κ3) is 6.28.